The Hall–Kier alpha value is -2.20. The molecule has 0 saturated heterocycles. The lowest BCUT2D eigenvalue weighted by molar-refractivity contribution is -0.147. The van der Waals surface area contributed by atoms with E-state index in [1.807, 2.05) is 54.6 Å². The van der Waals surface area contributed by atoms with Gasteiger partial charge in [0.2, 0.25) is 0 Å². The lowest BCUT2D eigenvalue weighted by Crippen LogP contribution is -2.44. The van der Waals surface area contributed by atoms with Crippen LogP contribution in [0.2, 0.25) is 0 Å². The van der Waals surface area contributed by atoms with Crippen LogP contribution in [0.1, 0.15) is 96.5 Å². The minimum Gasteiger partial charge on any atom is -0.481 e. The van der Waals surface area contributed by atoms with Crippen molar-refractivity contribution in [1.29, 1.82) is 0 Å². The predicted octanol–water partition coefficient (Wildman–Crippen LogP) is 8.75. The van der Waals surface area contributed by atoms with Gasteiger partial charge in [0.05, 0.1) is 11.5 Å². The third kappa shape index (κ3) is 7.65. The first-order valence-corrected chi connectivity index (χ1v) is 14.1. The van der Waals surface area contributed by atoms with Crippen LogP contribution in [-0.4, -0.2) is 30.0 Å². The molecule has 0 radical (unpaired) electrons. The monoisotopic (exact) mass is 496 g/mol. The Labute approximate surface area is 217 Å². The van der Waals surface area contributed by atoms with Gasteiger partial charge in [0.25, 0.3) is 0 Å². The first-order valence-electron chi connectivity index (χ1n) is 14.1. The van der Waals surface area contributed by atoms with E-state index in [1.54, 1.807) is 0 Å². The second-order valence-corrected chi connectivity index (χ2v) is 10.6. The topological polar surface area (TPSA) is 46.5 Å². The molecule has 1 fully saturated rings. The summed E-state index contributed by atoms with van der Waals surface area (Å²) < 4.78 is 21.5. The van der Waals surface area contributed by atoms with Gasteiger partial charge < -0.3 is 9.84 Å². The number of hydrogen-bond acceptors (Lipinski definition) is 2. The number of alkyl halides is 1. The van der Waals surface area contributed by atoms with Crippen LogP contribution in [-0.2, 0) is 14.9 Å². The minimum absolute atomic E-state index is 0.0587. The molecule has 1 aliphatic carbocycles. The van der Waals surface area contributed by atoms with Gasteiger partial charge in [-0.25, -0.2) is 4.39 Å². The molecule has 2 aromatic carbocycles. The Balaban J connectivity index is 1.51. The van der Waals surface area contributed by atoms with Gasteiger partial charge in [0, 0.05) is 6.61 Å². The van der Waals surface area contributed by atoms with Gasteiger partial charge in [-0.3, -0.25) is 4.79 Å². The molecule has 1 saturated carbocycles. The van der Waals surface area contributed by atoms with Gasteiger partial charge in [-0.05, 0) is 67.6 Å². The number of carbonyl (C=O) groups is 1. The summed E-state index contributed by atoms with van der Waals surface area (Å²) in [6.45, 7) is 5.20. The van der Waals surface area contributed by atoms with Crippen molar-refractivity contribution in [2.75, 3.05) is 6.61 Å². The van der Waals surface area contributed by atoms with Crippen LogP contribution < -0.4 is 0 Å². The number of aliphatic carboxylic acids is 1. The van der Waals surface area contributed by atoms with E-state index in [1.165, 1.54) is 25.7 Å². The molecule has 3 rings (SSSR count). The number of carboxylic acid groups (broad SMARTS) is 1. The fourth-order valence-electron chi connectivity index (χ4n) is 5.70. The minimum atomic E-state index is -1.14. The summed E-state index contributed by atoms with van der Waals surface area (Å²) in [7, 11) is 0. The third-order valence-corrected chi connectivity index (χ3v) is 8.11. The van der Waals surface area contributed by atoms with Gasteiger partial charge >= 0.3 is 5.97 Å². The molecule has 0 aliphatic heterocycles. The van der Waals surface area contributed by atoms with E-state index >= 15 is 4.39 Å². The molecule has 3 nitrogen and oxygen atoms in total. The summed E-state index contributed by atoms with van der Waals surface area (Å²) in [5.74, 6) is -0.970. The van der Waals surface area contributed by atoms with Crippen molar-refractivity contribution in [3.05, 3.63) is 60.2 Å². The maximum Gasteiger partial charge on any atom is 0.314 e. The zero-order chi connectivity index (χ0) is 25.8. The average Bonchev–Trinajstić information content (AvgIpc) is 2.91. The Morgan fingerprint density at radius 2 is 1.69 bits per heavy atom. The predicted molar refractivity (Wildman–Crippen MR) is 146 cm³/mol. The highest BCUT2D eigenvalue weighted by atomic mass is 19.1. The molecule has 1 N–H and O–H groups in total. The van der Waals surface area contributed by atoms with Crippen molar-refractivity contribution >= 4 is 5.97 Å². The fourth-order valence-corrected chi connectivity index (χ4v) is 5.70. The van der Waals surface area contributed by atoms with Gasteiger partial charge in [-0.15, -0.1) is 0 Å². The van der Waals surface area contributed by atoms with Gasteiger partial charge in [0.15, 0.2) is 0 Å². The van der Waals surface area contributed by atoms with Crippen LogP contribution in [0.15, 0.2) is 54.6 Å². The van der Waals surface area contributed by atoms with Crippen LogP contribution in [0.5, 0.6) is 0 Å². The summed E-state index contributed by atoms with van der Waals surface area (Å²) in [6.07, 6.45) is 10.2. The van der Waals surface area contributed by atoms with Gasteiger partial charge in [-0.2, -0.15) is 0 Å². The molecule has 0 heterocycles. The van der Waals surface area contributed by atoms with E-state index in [-0.39, 0.29) is 18.4 Å². The van der Waals surface area contributed by atoms with Crippen LogP contribution in [0, 0.1) is 5.92 Å². The summed E-state index contributed by atoms with van der Waals surface area (Å²) in [4.78, 5) is 12.4. The molecular weight excluding hydrogens is 451 g/mol. The standard InChI is InChI=1S/C32H45FO3/c1-3-5-6-7-11-23-36-29(4-2)16-12-15-27-21-22-32(31(34)35,24-30(27)33)28-19-17-26(18-20-28)25-13-9-8-10-14-25/h8-10,13-14,17-20,27,29-30H,3-7,11-12,15-16,21-24H2,1-2H3,(H,34,35)/t27-,29?,30?,32-/m1/s1. The van der Waals surface area contributed by atoms with E-state index < -0.39 is 17.6 Å². The van der Waals surface area contributed by atoms with Gasteiger partial charge in [-0.1, -0.05) is 101 Å². The molecule has 0 spiro atoms. The number of carboxylic acids is 1. The Kier molecular flexibility index (Phi) is 11.4. The van der Waals surface area contributed by atoms with Crippen molar-refractivity contribution in [3.63, 3.8) is 0 Å². The average molecular weight is 497 g/mol. The lowest BCUT2D eigenvalue weighted by Gasteiger charge is -2.39. The first kappa shape index (κ1) is 28.4. The van der Waals surface area contributed by atoms with Crippen LogP contribution in [0.4, 0.5) is 4.39 Å². The summed E-state index contributed by atoms with van der Waals surface area (Å²) in [5.41, 5.74) is 1.71. The zero-order valence-electron chi connectivity index (χ0n) is 22.3. The maximum absolute atomic E-state index is 15.4. The van der Waals surface area contributed by atoms with Crippen molar-refractivity contribution < 1.29 is 19.0 Å². The molecule has 4 atom stereocenters. The number of benzene rings is 2. The van der Waals surface area contributed by atoms with E-state index in [4.69, 9.17) is 4.74 Å². The number of halogens is 1. The van der Waals surface area contributed by atoms with E-state index in [2.05, 4.69) is 13.8 Å². The number of hydrogen-bond donors (Lipinski definition) is 1. The normalized spacial score (nSPS) is 22.9. The smallest absolute Gasteiger partial charge is 0.314 e. The number of rotatable bonds is 15. The molecular formula is C32H45FO3. The summed E-state index contributed by atoms with van der Waals surface area (Å²) in [5, 5.41) is 10.2. The molecule has 0 aromatic heterocycles. The van der Waals surface area contributed by atoms with Crippen LogP contribution in [0.25, 0.3) is 11.1 Å². The van der Waals surface area contributed by atoms with Crippen LogP contribution in [0.3, 0.4) is 0 Å². The third-order valence-electron chi connectivity index (χ3n) is 8.11. The Morgan fingerprint density at radius 3 is 2.33 bits per heavy atom. The first-order chi connectivity index (χ1) is 17.5. The second kappa shape index (κ2) is 14.5. The Morgan fingerprint density at radius 1 is 1.00 bits per heavy atom. The quantitative estimate of drug-likeness (QED) is 0.251. The van der Waals surface area contributed by atoms with E-state index in [0.29, 0.717) is 18.4 Å². The van der Waals surface area contributed by atoms with E-state index in [0.717, 1.165) is 49.8 Å². The highest BCUT2D eigenvalue weighted by Crippen LogP contribution is 2.45. The summed E-state index contributed by atoms with van der Waals surface area (Å²) >= 11 is 0. The molecule has 198 valence electrons. The number of ether oxygens (including phenoxy) is 1. The molecule has 0 amide bonds. The van der Waals surface area contributed by atoms with Crippen molar-refractivity contribution in [2.45, 2.75) is 109 Å². The molecule has 36 heavy (non-hydrogen) atoms. The maximum atomic E-state index is 15.4. The van der Waals surface area contributed by atoms with Gasteiger partial charge in [0.1, 0.15) is 6.17 Å². The second-order valence-electron chi connectivity index (χ2n) is 10.6. The Bertz CT molecular complexity index is 897. The largest absolute Gasteiger partial charge is 0.481 e. The highest BCUT2D eigenvalue weighted by Gasteiger charge is 2.47. The SMILES string of the molecule is CCCCCCCOC(CC)CCC[C@@H]1CC[C@](C(=O)O)(c2ccc(-c3ccccc3)cc2)CC1F. The van der Waals surface area contributed by atoms with Crippen molar-refractivity contribution in [1.82, 2.24) is 0 Å². The van der Waals surface area contributed by atoms with Crippen molar-refractivity contribution in [2.24, 2.45) is 5.92 Å². The van der Waals surface area contributed by atoms with Crippen molar-refractivity contribution in [3.8, 4) is 11.1 Å². The number of unbranched alkanes of at least 4 members (excludes halogenated alkanes) is 4. The zero-order valence-corrected chi connectivity index (χ0v) is 22.3. The molecule has 1 aliphatic rings. The molecule has 2 aromatic rings. The summed E-state index contributed by atoms with van der Waals surface area (Å²) in [6, 6.07) is 17.7. The molecule has 2 unspecified atom stereocenters. The fraction of sp³-hybridized carbons (Fsp3) is 0.594. The highest BCUT2D eigenvalue weighted by molar-refractivity contribution is 5.82. The molecule has 4 heteroatoms. The molecule has 0 bridgehead atoms. The van der Waals surface area contributed by atoms with E-state index in [9.17, 15) is 9.90 Å². The van der Waals surface area contributed by atoms with Crippen LogP contribution >= 0.6 is 0 Å². The lowest BCUT2D eigenvalue weighted by atomic mass is 9.65.